The Morgan fingerprint density at radius 1 is 1.36 bits per heavy atom. The summed E-state index contributed by atoms with van der Waals surface area (Å²) < 4.78 is 5.01. The van der Waals surface area contributed by atoms with E-state index in [0.717, 1.165) is 40.7 Å². The highest BCUT2D eigenvalue weighted by molar-refractivity contribution is 7.98. The van der Waals surface area contributed by atoms with Gasteiger partial charge in [0, 0.05) is 33.4 Å². The molecule has 2 aromatic heterocycles. The normalized spacial score (nSPS) is 14.9. The molecule has 1 amide bonds. The molecule has 0 spiro atoms. The Kier molecular flexibility index (Phi) is 6.50. The van der Waals surface area contributed by atoms with E-state index in [9.17, 15) is 4.79 Å². The van der Waals surface area contributed by atoms with Gasteiger partial charge in [-0.05, 0) is 38.0 Å². The predicted octanol–water partition coefficient (Wildman–Crippen LogP) is 3.17. The van der Waals surface area contributed by atoms with Gasteiger partial charge in [0.25, 0.3) is 5.91 Å². The first-order valence-electron chi connectivity index (χ1n) is 8.60. The van der Waals surface area contributed by atoms with Gasteiger partial charge in [-0.25, -0.2) is 9.97 Å². The molecule has 0 unspecified atom stereocenters. The lowest BCUT2D eigenvalue weighted by Gasteiger charge is -2.28. The summed E-state index contributed by atoms with van der Waals surface area (Å²) in [4.78, 5) is 25.7. The Labute approximate surface area is 156 Å². The second-order valence-electron chi connectivity index (χ2n) is 6.01. The van der Waals surface area contributed by atoms with Gasteiger partial charge in [-0.1, -0.05) is 11.8 Å². The van der Waals surface area contributed by atoms with Gasteiger partial charge in [0.15, 0.2) is 5.16 Å². The highest BCUT2D eigenvalue weighted by Crippen LogP contribution is 2.33. The SMILES string of the molecule is COCCCNC(=O)c1cc2c(N3CCCCC3)nc(SC)nc2s1. The van der Waals surface area contributed by atoms with Crippen LogP contribution >= 0.6 is 23.1 Å². The van der Waals surface area contributed by atoms with Crippen LogP contribution in [-0.2, 0) is 4.74 Å². The van der Waals surface area contributed by atoms with Crippen LogP contribution in [0.3, 0.4) is 0 Å². The number of hydrogen-bond donors (Lipinski definition) is 1. The molecule has 1 fully saturated rings. The van der Waals surface area contributed by atoms with Crippen molar-refractivity contribution in [1.29, 1.82) is 0 Å². The summed E-state index contributed by atoms with van der Waals surface area (Å²) in [5, 5.41) is 4.70. The fourth-order valence-corrected chi connectivity index (χ4v) is 4.30. The van der Waals surface area contributed by atoms with Crippen LogP contribution in [0.4, 0.5) is 5.82 Å². The van der Waals surface area contributed by atoms with E-state index in [0.29, 0.717) is 18.0 Å². The number of carbonyl (C=O) groups excluding carboxylic acids is 1. The highest BCUT2D eigenvalue weighted by atomic mass is 32.2. The third-order valence-electron chi connectivity index (χ3n) is 4.22. The van der Waals surface area contributed by atoms with E-state index in [4.69, 9.17) is 9.72 Å². The Balaban J connectivity index is 1.86. The van der Waals surface area contributed by atoms with Gasteiger partial charge < -0.3 is 15.0 Å². The van der Waals surface area contributed by atoms with E-state index in [2.05, 4.69) is 15.2 Å². The van der Waals surface area contributed by atoms with Crippen LogP contribution in [-0.4, -0.2) is 55.5 Å². The van der Waals surface area contributed by atoms with Gasteiger partial charge in [-0.2, -0.15) is 0 Å². The van der Waals surface area contributed by atoms with Crippen molar-refractivity contribution in [3.63, 3.8) is 0 Å². The lowest BCUT2D eigenvalue weighted by Crippen LogP contribution is -2.30. The monoisotopic (exact) mass is 380 g/mol. The Bertz CT molecular complexity index is 729. The zero-order chi connectivity index (χ0) is 17.6. The molecule has 0 radical (unpaired) electrons. The number of ether oxygens (including phenoxy) is 1. The maximum absolute atomic E-state index is 12.4. The van der Waals surface area contributed by atoms with E-state index in [1.807, 2.05) is 12.3 Å². The van der Waals surface area contributed by atoms with Crippen molar-refractivity contribution < 1.29 is 9.53 Å². The van der Waals surface area contributed by atoms with Gasteiger partial charge in [0.1, 0.15) is 10.6 Å². The Morgan fingerprint density at radius 2 is 2.16 bits per heavy atom. The molecule has 1 aliphatic rings. The molecule has 3 heterocycles. The van der Waals surface area contributed by atoms with Crippen LogP contribution < -0.4 is 10.2 Å². The number of thiophene rings is 1. The summed E-state index contributed by atoms with van der Waals surface area (Å²) >= 11 is 2.98. The van der Waals surface area contributed by atoms with Crippen LogP contribution in [0.5, 0.6) is 0 Å². The van der Waals surface area contributed by atoms with Crippen molar-refractivity contribution in [3.05, 3.63) is 10.9 Å². The minimum absolute atomic E-state index is 0.0469. The summed E-state index contributed by atoms with van der Waals surface area (Å²) in [6.07, 6.45) is 6.45. The predicted molar refractivity (Wildman–Crippen MR) is 104 cm³/mol. The van der Waals surface area contributed by atoms with Gasteiger partial charge in [0.05, 0.1) is 10.3 Å². The van der Waals surface area contributed by atoms with E-state index < -0.39 is 0 Å². The molecule has 0 bridgehead atoms. The van der Waals surface area contributed by atoms with Crippen molar-refractivity contribution in [2.24, 2.45) is 0 Å². The first-order chi connectivity index (χ1) is 12.2. The summed E-state index contributed by atoms with van der Waals surface area (Å²) in [6, 6.07) is 1.94. The Hall–Kier alpha value is -1.38. The topological polar surface area (TPSA) is 67.3 Å². The largest absolute Gasteiger partial charge is 0.385 e. The first kappa shape index (κ1) is 18.4. The number of nitrogens with one attached hydrogen (secondary N) is 1. The maximum Gasteiger partial charge on any atom is 0.261 e. The molecule has 1 saturated heterocycles. The summed E-state index contributed by atoms with van der Waals surface area (Å²) in [5.74, 6) is 0.929. The summed E-state index contributed by atoms with van der Waals surface area (Å²) in [7, 11) is 1.66. The number of nitrogens with zero attached hydrogens (tertiary/aromatic N) is 3. The molecule has 1 aliphatic heterocycles. The summed E-state index contributed by atoms with van der Waals surface area (Å²) in [6.45, 7) is 3.30. The fourth-order valence-electron chi connectivity index (χ4n) is 2.94. The minimum atomic E-state index is -0.0469. The van der Waals surface area contributed by atoms with Crippen molar-refractivity contribution in [1.82, 2.24) is 15.3 Å². The van der Waals surface area contributed by atoms with Gasteiger partial charge >= 0.3 is 0 Å². The smallest absolute Gasteiger partial charge is 0.261 e. The molecule has 1 N–H and O–H groups in total. The van der Waals surface area contributed by atoms with Gasteiger partial charge in [-0.3, -0.25) is 4.79 Å². The zero-order valence-corrected chi connectivity index (χ0v) is 16.3. The van der Waals surface area contributed by atoms with Crippen molar-refractivity contribution in [3.8, 4) is 0 Å². The third kappa shape index (κ3) is 4.43. The van der Waals surface area contributed by atoms with Crippen LogP contribution in [0.25, 0.3) is 10.2 Å². The van der Waals surface area contributed by atoms with Crippen molar-refractivity contribution in [2.45, 2.75) is 30.8 Å². The number of amides is 1. The molecule has 0 atom stereocenters. The van der Waals surface area contributed by atoms with E-state index >= 15 is 0 Å². The number of aromatic nitrogens is 2. The van der Waals surface area contributed by atoms with E-state index in [1.54, 1.807) is 18.9 Å². The second kappa shape index (κ2) is 8.82. The Morgan fingerprint density at radius 3 is 2.88 bits per heavy atom. The molecule has 2 aromatic rings. The van der Waals surface area contributed by atoms with E-state index in [1.165, 1.54) is 30.6 Å². The highest BCUT2D eigenvalue weighted by Gasteiger charge is 2.20. The number of carbonyl (C=O) groups is 1. The standard InChI is InChI=1S/C17H24N4O2S2/c1-23-10-6-7-18-15(22)13-11-12-14(21-8-4-3-5-9-21)19-17(24-2)20-16(12)25-13/h11H,3-10H2,1-2H3,(H,18,22). The molecule has 0 aromatic carbocycles. The fraction of sp³-hybridized carbons (Fsp3) is 0.588. The zero-order valence-electron chi connectivity index (χ0n) is 14.7. The molecule has 0 saturated carbocycles. The van der Waals surface area contributed by atoms with Crippen LogP contribution in [0.1, 0.15) is 35.4 Å². The quantitative estimate of drug-likeness (QED) is 0.452. The average molecular weight is 381 g/mol. The van der Waals surface area contributed by atoms with Crippen molar-refractivity contribution in [2.75, 3.05) is 44.5 Å². The number of piperidine rings is 1. The first-order valence-corrected chi connectivity index (χ1v) is 10.6. The molecule has 3 rings (SSSR count). The molecule has 6 nitrogen and oxygen atoms in total. The lowest BCUT2D eigenvalue weighted by molar-refractivity contribution is 0.0952. The number of methoxy groups -OCH3 is 1. The molecular weight excluding hydrogens is 356 g/mol. The number of fused-ring (bicyclic) bond motifs is 1. The minimum Gasteiger partial charge on any atom is -0.385 e. The number of hydrogen-bond acceptors (Lipinski definition) is 7. The van der Waals surface area contributed by atoms with Crippen LogP contribution in [0.2, 0.25) is 0 Å². The second-order valence-corrected chi connectivity index (χ2v) is 7.82. The third-order valence-corrected chi connectivity index (χ3v) is 5.80. The number of rotatable bonds is 7. The number of thioether (sulfide) groups is 1. The molecular formula is C17H24N4O2S2. The van der Waals surface area contributed by atoms with E-state index in [-0.39, 0.29) is 5.91 Å². The van der Waals surface area contributed by atoms with Gasteiger partial charge in [-0.15, -0.1) is 11.3 Å². The van der Waals surface area contributed by atoms with Crippen LogP contribution in [0, 0.1) is 0 Å². The average Bonchev–Trinajstić information content (AvgIpc) is 3.09. The molecule has 25 heavy (non-hydrogen) atoms. The van der Waals surface area contributed by atoms with Crippen molar-refractivity contribution >= 4 is 45.0 Å². The van der Waals surface area contributed by atoms with Crippen LogP contribution in [0.15, 0.2) is 11.2 Å². The van der Waals surface area contributed by atoms with Gasteiger partial charge in [0.2, 0.25) is 0 Å². The number of anilines is 1. The lowest BCUT2D eigenvalue weighted by atomic mass is 10.1. The molecule has 0 aliphatic carbocycles. The molecule has 8 heteroatoms. The summed E-state index contributed by atoms with van der Waals surface area (Å²) in [5.41, 5.74) is 0. The maximum atomic E-state index is 12.4. The molecule has 136 valence electrons.